The minimum atomic E-state index is -0.556. The molecule has 0 saturated carbocycles. The number of alkyl carbamates (subject to hydrolysis) is 1. The van der Waals surface area contributed by atoms with Gasteiger partial charge in [0.05, 0.1) is 19.5 Å². The first-order valence-electron chi connectivity index (χ1n) is 9.77. The second kappa shape index (κ2) is 8.80. The molecule has 1 aliphatic rings. The lowest BCUT2D eigenvalue weighted by atomic mass is 9.96. The summed E-state index contributed by atoms with van der Waals surface area (Å²) < 4.78 is 16.5. The third kappa shape index (κ3) is 5.36. The Morgan fingerprint density at radius 3 is 2.79 bits per heavy atom. The van der Waals surface area contributed by atoms with Crippen LogP contribution in [0.3, 0.4) is 0 Å². The average molecular weight is 386 g/mol. The Hall–Kier alpha value is -2.31. The van der Waals surface area contributed by atoms with Gasteiger partial charge >= 0.3 is 6.09 Å². The first kappa shape index (κ1) is 20.4. The summed E-state index contributed by atoms with van der Waals surface area (Å²) in [6.45, 7) is 9.71. The van der Waals surface area contributed by atoms with Crippen molar-refractivity contribution in [3.63, 3.8) is 0 Å². The van der Waals surface area contributed by atoms with Gasteiger partial charge in [-0.1, -0.05) is 18.2 Å². The van der Waals surface area contributed by atoms with Crippen LogP contribution < -0.4 is 10.6 Å². The summed E-state index contributed by atoms with van der Waals surface area (Å²) in [5.74, 6) is 0.689. The number of amides is 1. The molecular weight excluding hydrogens is 356 g/mol. The predicted molar refractivity (Wildman–Crippen MR) is 107 cm³/mol. The van der Waals surface area contributed by atoms with E-state index in [4.69, 9.17) is 13.9 Å². The summed E-state index contributed by atoms with van der Waals surface area (Å²) >= 11 is 0. The summed E-state index contributed by atoms with van der Waals surface area (Å²) in [5.41, 5.74) is 3.33. The molecule has 2 atom stereocenters. The monoisotopic (exact) mass is 386 g/mol. The van der Waals surface area contributed by atoms with E-state index in [9.17, 15) is 4.79 Å². The zero-order chi connectivity index (χ0) is 20.1. The van der Waals surface area contributed by atoms with E-state index in [1.165, 1.54) is 16.7 Å². The van der Waals surface area contributed by atoms with Gasteiger partial charge < -0.3 is 24.5 Å². The molecule has 6 heteroatoms. The number of nitrogens with one attached hydrogen (secondary N) is 2. The summed E-state index contributed by atoms with van der Waals surface area (Å²) in [4.78, 5) is 12.3. The van der Waals surface area contributed by atoms with Gasteiger partial charge in [-0.05, 0) is 62.9 Å². The SMILES string of the molecule is CC(NCc1cccc2c1CCOC2)C(NC(=O)OC(C)(C)C)c1ccco1. The highest BCUT2D eigenvalue weighted by molar-refractivity contribution is 5.68. The van der Waals surface area contributed by atoms with Crippen LogP contribution in [0, 0.1) is 0 Å². The Balaban J connectivity index is 1.68. The third-order valence-corrected chi connectivity index (χ3v) is 4.76. The molecule has 1 aliphatic heterocycles. The van der Waals surface area contributed by atoms with E-state index < -0.39 is 11.7 Å². The van der Waals surface area contributed by atoms with Gasteiger partial charge in [0, 0.05) is 12.6 Å². The van der Waals surface area contributed by atoms with Crippen LogP contribution in [0.15, 0.2) is 41.0 Å². The molecule has 0 aliphatic carbocycles. The van der Waals surface area contributed by atoms with E-state index in [-0.39, 0.29) is 12.1 Å². The molecule has 1 aromatic heterocycles. The van der Waals surface area contributed by atoms with Crippen molar-refractivity contribution in [2.24, 2.45) is 0 Å². The van der Waals surface area contributed by atoms with Crippen molar-refractivity contribution in [2.75, 3.05) is 6.61 Å². The number of rotatable bonds is 6. The number of hydrogen-bond acceptors (Lipinski definition) is 5. The van der Waals surface area contributed by atoms with Crippen molar-refractivity contribution in [1.29, 1.82) is 0 Å². The Bertz CT molecular complexity index is 780. The fourth-order valence-electron chi connectivity index (χ4n) is 3.40. The number of benzene rings is 1. The number of fused-ring (bicyclic) bond motifs is 1. The Morgan fingerprint density at radius 1 is 1.25 bits per heavy atom. The lowest BCUT2D eigenvalue weighted by Gasteiger charge is -2.27. The maximum Gasteiger partial charge on any atom is 0.408 e. The molecular formula is C22H30N2O4. The maximum absolute atomic E-state index is 12.3. The van der Waals surface area contributed by atoms with E-state index in [2.05, 4.69) is 28.8 Å². The van der Waals surface area contributed by atoms with Crippen LogP contribution >= 0.6 is 0 Å². The van der Waals surface area contributed by atoms with Gasteiger partial charge in [0.25, 0.3) is 0 Å². The van der Waals surface area contributed by atoms with Crippen LogP contribution in [-0.2, 0) is 29.0 Å². The van der Waals surface area contributed by atoms with Crippen molar-refractivity contribution in [3.05, 3.63) is 59.0 Å². The Morgan fingerprint density at radius 2 is 2.07 bits per heavy atom. The molecule has 1 amide bonds. The van der Waals surface area contributed by atoms with Crippen molar-refractivity contribution < 1.29 is 18.7 Å². The molecule has 1 aromatic carbocycles. The van der Waals surface area contributed by atoms with Gasteiger partial charge in [-0.2, -0.15) is 0 Å². The van der Waals surface area contributed by atoms with Crippen LogP contribution in [0.5, 0.6) is 0 Å². The maximum atomic E-state index is 12.3. The fourth-order valence-corrected chi connectivity index (χ4v) is 3.40. The molecule has 0 radical (unpaired) electrons. The van der Waals surface area contributed by atoms with Crippen LogP contribution in [0.25, 0.3) is 0 Å². The van der Waals surface area contributed by atoms with Crippen molar-refractivity contribution in [2.45, 2.75) is 65.0 Å². The van der Waals surface area contributed by atoms with Crippen LogP contribution in [-0.4, -0.2) is 24.3 Å². The number of carbonyl (C=O) groups excluding carboxylic acids is 1. The lowest BCUT2D eigenvalue weighted by Crippen LogP contribution is -2.43. The largest absolute Gasteiger partial charge is 0.467 e. The first-order chi connectivity index (χ1) is 13.3. The van der Waals surface area contributed by atoms with Gasteiger partial charge in [0.1, 0.15) is 17.4 Å². The summed E-state index contributed by atoms with van der Waals surface area (Å²) in [5, 5.41) is 6.47. The fraction of sp³-hybridized carbons (Fsp3) is 0.500. The molecule has 0 spiro atoms. The van der Waals surface area contributed by atoms with Crippen molar-refractivity contribution in [3.8, 4) is 0 Å². The van der Waals surface area contributed by atoms with Gasteiger partial charge in [-0.25, -0.2) is 4.79 Å². The number of ether oxygens (including phenoxy) is 2. The highest BCUT2D eigenvalue weighted by atomic mass is 16.6. The number of hydrogen-bond donors (Lipinski definition) is 2. The molecule has 3 rings (SSSR count). The highest BCUT2D eigenvalue weighted by Crippen LogP contribution is 2.23. The van der Waals surface area contributed by atoms with Crippen LogP contribution in [0.1, 0.15) is 56.2 Å². The average Bonchev–Trinajstić information content (AvgIpc) is 3.17. The quantitative estimate of drug-likeness (QED) is 0.782. The molecule has 152 valence electrons. The molecule has 2 N–H and O–H groups in total. The standard InChI is InChI=1S/C22H30N2O4/c1-15(23-13-16-7-5-8-17-14-26-12-10-18(16)17)20(19-9-6-11-27-19)24-21(25)28-22(2,3)4/h5-9,11,15,20,23H,10,12-14H2,1-4H3,(H,24,25). The topological polar surface area (TPSA) is 72.7 Å². The molecule has 2 heterocycles. The Labute approximate surface area is 166 Å². The lowest BCUT2D eigenvalue weighted by molar-refractivity contribution is 0.0485. The minimum Gasteiger partial charge on any atom is -0.467 e. The Kier molecular flexibility index (Phi) is 6.42. The van der Waals surface area contributed by atoms with Gasteiger partial charge in [-0.15, -0.1) is 0 Å². The van der Waals surface area contributed by atoms with Crippen molar-refractivity contribution >= 4 is 6.09 Å². The minimum absolute atomic E-state index is 0.0608. The number of carbonyl (C=O) groups is 1. The summed E-state index contributed by atoms with van der Waals surface area (Å²) in [6, 6.07) is 9.62. The van der Waals surface area contributed by atoms with Crippen LogP contribution in [0.2, 0.25) is 0 Å². The zero-order valence-corrected chi connectivity index (χ0v) is 17.1. The molecule has 2 aromatic rings. The zero-order valence-electron chi connectivity index (χ0n) is 17.1. The molecule has 6 nitrogen and oxygen atoms in total. The molecule has 0 saturated heterocycles. The number of furan rings is 1. The summed E-state index contributed by atoms with van der Waals surface area (Å²) in [6.07, 6.45) is 2.08. The highest BCUT2D eigenvalue weighted by Gasteiger charge is 2.26. The van der Waals surface area contributed by atoms with E-state index in [0.717, 1.165) is 13.0 Å². The third-order valence-electron chi connectivity index (χ3n) is 4.76. The van der Waals surface area contributed by atoms with Gasteiger partial charge in [0.2, 0.25) is 0 Å². The summed E-state index contributed by atoms with van der Waals surface area (Å²) in [7, 11) is 0. The smallest absolute Gasteiger partial charge is 0.408 e. The molecule has 0 bridgehead atoms. The van der Waals surface area contributed by atoms with E-state index >= 15 is 0 Å². The second-order valence-corrected chi connectivity index (χ2v) is 8.17. The normalized spacial score (nSPS) is 16.1. The van der Waals surface area contributed by atoms with Crippen LogP contribution in [0.4, 0.5) is 4.79 Å². The second-order valence-electron chi connectivity index (χ2n) is 8.17. The van der Waals surface area contributed by atoms with E-state index in [0.29, 0.717) is 18.9 Å². The van der Waals surface area contributed by atoms with Gasteiger partial charge in [0.15, 0.2) is 0 Å². The van der Waals surface area contributed by atoms with E-state index in [1.807, 2.05) is 39.8 Å². The predicted octanol–water partition coefficient (Wildman–Crippen LogP) is 4.10. The first-order valence-corrected chi connectivity index (χ1v) is 9.77. The van der Waals surface area contributed by atoms with Gasteiger partial charge in [-0.3, -0.25) is 0 Å². The van der Waals surface area contributed by atoms with Crippen molar-refractivity contribution in [1.82, 2.24) is 10.6 Å². The van der Waals surface area contributed by atoms with E-state index in [1.54, 1.807) is 6.26 Å². The molecule has 2 unspecified atom stereocenters. The molecule has 28 heavy (non-hydrogen) atoms. The molecule has 0 fully saturated rings.